The average Bonchev–Trinajstić information content (AvgIpc) is 2.29. The normalized spacial score (nSPS) is 11.6. The van der Waals surface area contributed by atoms with Gasteiger partial charge in [0, 0.05) is 12.1 Å². The number of rotatable bonds is 7. The lowest BCUT2D eigenvalue weighted by Gasteiger charge is -2.05. The zero-order chi connectivity index (χ0) is 12.7. The summed E-state index contributed by atoms with van der Waals surface area (Å²) in [6, 6.07) is 0. The Morgan fingerprint density at radius 1 is 1.29 bits per heavy atom. The second-order valence-electron chi connectivity index (χ2n) is 3.69. The van der Waals surface area contributed by atoms with E-state index in [1.165, 1.54) is 0 Å². The van der Waals surface area contributed by atoms with E-state index in [-0.39, 0.29) is 12.3 Å². The fourth-order valence-corrected chi connectivity index (χ4v) is 2.44. The summed E-state index contributed by atoms with van der Waals surface area (Å²) in [5.74, 6) is 0.581. The second kappa shape index (κ2) is 6.88. The van der Waals surface area contributed by atoms with Gasteiger partial charge in [0.2, 0.25) is 10.0 Å². The van der Waals surface area contributed by atoms with Gasteiger partial charge in [0.05, 0.1) is 29.9 Å². The summed E-state index contributed by atoms with van der Waals surface area (Å²) in [7, 11) is -3.24. The molecule has 96 valence electrons. The number of hydrogen-bond donors (Lipinski definition) is 1. The Hall–Kier alpha value is -0.720. The Bertz CT molecular complexity index is 433. The Balaban J connectivity index is 2.41. The number of aromatic nitrogens is 2. The number of sulfonamides is 1. The number of hydrogen-bond acceptors (Lipinski definition) is 4. The third kappa shape index (κ3) is 5.95. The number of aryl methyl sites for hydroxylation is 1. The first-order chi connectivity index (χ1) is 8.03. The van der Waals surface area contributed by atoms with Gasteiger partial charge < -0.3 is 0 Å². The summed E-state index contributed by atoms with van der Waals surface area (Å²) in [6.07, 6.45) is 4.44. The summed E-state index contributed by atoms with van der Waals surface area (Å²) in [4.78, 5) is 8.11. The lowest BCUT2D eigenvalue weighted by molar-refractivity contribution is 0.577. The van der Waals surface area contributed by atoms with E-state index in [1.54, 1.807) is 12.4 Å². The molecule has 0 aliphatic rings. The lowest BCUT2D eigenvalue weighted by Crippen LogP contribution is -2.26. The molecule has 0 atom stereocenters. The second-order valence-corrected chi connectivity index (χ2v) is 5.99. The maximum atomic E-state index is 11.5. The van der Waals surface area contributed by atoms with Crippen LogP contribution in [0.1, 0.15) is 24.2 Å². The van der Waals surface area contributed by atoms with Gasteiger partial charge in [0.15, 0.2) is 0 Å². The van der Waals surface area contributed by atoms with Crippen LogP contribution in [0.5, 0.6) is 0 Å². The minimum absolute atomic E-state index is 0.0962. The van der Waals surface area contributed by atoms with Crippen LogP contribution in [-0.2, 0) is 16.6 Å². The molecular weight excluding hydrogens is 262 g/mol. The van der Waals surface area contributed by atoms with E-state index in [0.29, 0.717) is 24.4 Å². The molecule has 0 radical (unpaired) electrons. The van der Waals surface area contributed by atoms with Gasteiger partial charge in [-0.2, -0.15) is 0 Å². The first kappa shape index (κ1) is 14.3. The quantitative estimate of drug-likeness (QED) is 0.601. The van der Waals surface area contributed by atoms with Crippen molar-refractivity contribution in [2.45, 2.75) is 26.3 Å². The van der Waals surface area contributed by atoms with Crippen LogP contribution < -0.4 is 4.72 Å². The molecule has 17 heavy (non-hydrogen) atoms. The highest BCUT2D eigenvalue weighted by Gasteiger charge is 2.09. The maximum Gasteiger partial charge on any atom is 0.211 e. The van der Waals surface area contributed by atoms with Crippen molar-refractivity contribution in [3.8, 4) is 0 Å². The SMILES string of the molecule is Cc1cnc(CNS(=O)(=O)CCCCCl)cn1. The van der Waals surface area contributed by atoms with Gasteiger partial charge in [0.1, 0.15) is 0 Å². The van der Waals surface area contributed by atoms with E-state index in [4.69, 9.17) is 11.6 Å². The van der Waals surface area contributed by atoms with Crippen molar-refractivity contribution in [2.75, 3.05) is 11.6 Å². The van der Waals surface area contributed by atoms with E-state index in [1.807, 2.05) is 6.92 Å². The Morgan fingerprint density at radius 2 is 2.06 bits per heavy atom. The van der Waals surface area contributed by atoms with Crippen LogP contribution in [0.25, 0.3) is 0 Å². The van der Waals surface area contributed by atoms with Crippen molar-refractivity contribution >= 4 is 21.6 Å². The summed E-state index contributed by atoms with van der Waals surface area (Å²) in [5, 5.41) is 0. The minimum atomic E-state index is -3.24. The Labute approximate surface area is 107 Å². The highest BCUT2D eigenvalue weighted by molar-refractivity contribution is 7.89. The highest BCUT2D eigenvalue weighted by atomic mass is 35.5. The maximum absolute atomic E-state index is 11.5. The predicted octanol–water partition coefficient (Wildman–Crippen LogP) is 1.22. The zero-order valence-electron chi connectivity index (χ0n) is 9.69. The number of nitrogens with one attached hydrogen (secondary N) is 1. The molecule has 1 N–H and O–H groups in total. The largest absolute Gasteiger partial charge is 0.258 e. The highest BCUT2D eigenvalue weighted by Crippen LogP contribution is 1.99. The first-order valence-electron chi connectivity index (χ1n) is 5.34. The molecule has 0 bridgehead atoms. The van der Waals surface area contributed by atoms with E-state index in [9.17, 15) is 8.42 Å². The van der Waals surface area contributed by atoms with Gasteiger partial charge in [-0.05, 0) is 19.8 Å². The molecule has 0 fully saturated rings. The number of nitrogens with zero attached hydrogens (tertiary/aromatic N) is 2. The fraction of sp³-hybridized carbons (Fsp3) is 0.600. The standard InChI is InChI=1S/C10H16ClN3O2S/c1-9-6-13-10(7-12-9)8-14-17(15,16)5-3-2-4-11/h6-7,14H,2-5,8H2,1H3. The molecule has 0 aromatic carbocycles. The molecule has 1 heterocycles. The van der Waals surface area contributed by atoms with Gasteiger partial charge in [-0.15, -0.1) is 11.6 Å². The molecule has 5 nitrogen and oxygen atoms in total. The molecular formula is C10H16ClN3O2S. The topological polar surface area (TPSA) is 72.0 Å². The van der Waals surface area contributed by atoms with Crippen LogP contribution in [0.2, 0.25) is 0 Å². The molecule has 0 aliphatic heterocycles. The minimum Gasteiger partial charge on any atom is -0.258 e. The molecule has 1 rings (SSSR count). The number of alkyl halides is 1. The van der Waals surface area contributed by atoms with Gasteiger partial charge in [-0.1, -0.05) is 0 Å². The van der Waals surface area contributed by atoms with E-state index >= 15 is 0 Å². The van der Waals surface area contributed by atoms with Gasteiger partial charge >= 0.3 is 0 Å². The third-order valence-corrected chi connectivity index (χ3v) is 3.78. The van der Waals surface area contributed by atoms with Crippen molar-refractivity contribution < 1.29 is 8.42 Å². The fourth-order valence-electron chi connectivity index (χ4n) is 1.15. The molecule has 7 heteroatoms. The van der Waals surface area contributed by atoms with Crippen LogP contribution in [0.15, 0.2) is 12.4 Å². The van der Waals surface area contributed by atoms with E-state index in [2.05, 4.69) is 14.7 Å². The Morgan fingerprint density at radius 3 is 2.65 bits per heavy atom. The van der Waals surface area contributed by atoms with Crippen LogP contribution in [0, 0.1) is 6.92 Å². The molecule has 1 aromatic heterocycles. The molecule has 0 saturated heterocycles. The Kier molecular flexibility index (Phi) is 5.80. The van der Waals surface area contributed by atoms with Crippen molar-refractivity contribution in [2.24, 2.45) is 0 Å². The van der Waals surface area contributed by atoms with Crippen LogP contribution in [-0.4, -0.2) is 30.0 Å². The molecule has 0 unspecified atom stereocenters. The smallest absolute Gasteiger partial charge is 0.211 e. The van der Waals surface area contributed by atoms with Crippen molar-refractivity contribution in [1.82, 2.24) is 14.7 Å². The summed E-state index contributed by atoms with van der Waals surface area (Å²) in [5.41, 5.74) is 1.41. The third-order valence-electron chi connectivity index (χ3n) is 2.10. The molecule has 0 amide bonds. The molecule has 0 saturated carbocycles. The van der Waals surface area contributed by atoms with Crippen LogP contribution in [0.3, 0.4) is 0 Å². The van der Waals surface area contributed by atoms with E-state index < -0.39 is 10.0 Å². The van der Waals surface area contributed by atoms with Gasteiger partial charge in [-0.25, -0.2) is 13.1 Å². The van der Waals surface area contributed by atoms with Gasteiger partial charge in [-0.3, -0.25) is 9.97 Å². The summed E-state index contributed by atoms with van der Waals surface area (Å²) in [6.45, 7) is 2.00. The molecule has 0 aliphatic carbocycles. The van der Waals surface area contributed by atoms with Crippen LogP contribution in [0.4, 0.5) is 0 Å². The van der Waals surface area contributed by atoms with Crippen LogP contribution >= 0.6 is 11.6 Å². The summed E-state index contributed by atoms with van der Waals surface area (Å²) >= 11 is 5.48. The average molecular weight is 278 g/mol. The van der Waals surface area contributed by atoms with Crippen molar-refractivity contribution in [3.63, 3.8) is 0 Å². The predicted molar refractivity (Wildman–Crippen MR) is 67.3 cm³/mol. The number of unbranched alkanes of at least 4 members (excludes halogenated alkanes) is 1. The van der Waals surface area contributed by atoms with E-state index in [0.717, 1.165) is 5.69 Å². The van der Waals surface area contributed by atoms with Crippen molar-refractivity contribution in [3.05, 3.63) is 23.8 Å². The molecule has 1 aromatic rings. The summed E-state index contributed by atoms with van der Waals surface area (Å²) < 4.78 is 25.6. The monoisotopic (exact) mass is 277 g/mol. The van der Waals surface area contributed by atoms with Crippen molar-refractivity contribution in [1.29, 1.82) is 0 Å². The number of halogens is 1. The first-order valence-corrected chi connectivity index (χ1v) is 7.53. The zero-order valence-corrected chi connectivity index (χ0v) is 11.3. The van der Waals surface area contributed by atoms with Gasteiger partial charge in [0.25, 0.3) is 0 Å². The lowest BCUT2D eigenvalue weighted by atomic mass is 10.4. The molecule has 0 spiro atoms.